The Morgan fingerprint density at radius 2 is 2.03 bits per heavy atom. The second-order valence-corrected chi connectivity index (χ2v) is 8.61. The lowest BCUT2D eigenvalue weighted by atomic mass is 10.2. The first-order valence-corrected chi connectivity index (χ1v) is 11.2. The third-order valence-electron chi connectivity index (χ3n) is 4.38. The van der Waals surface area contributed by atoms with Crippen LogP contribution in [-0.4, -0.2) is 43.4 Å². The van der Waals surface area contributed by atoms with Crippen molar-refractivity contribution in [3.8, 4) is 5.82 Å². The van der Waals surface area contributed by atoms with Gasteiger partial charge in [-0.2, -0.15) is 5.10 Å². The van der Waals surface area contributed by atoms with Gasteiger partial charge in [-0.15, -0.1) is 0 Å². The number of rotatable bonds is 8. The molecule has 0 saturated heterocycles. The highest BCUT2D eigenvalue weighted by Crippen LogP contribution is 2.20. The molecule has 0 atom stereocenters. The van der Waals surface area contributed by atoms with Gasteiger partial charge in [0.2, 0.25) is 5.91 Å². The van der Waals surface area contributed by atoms with Gasteiger partial charge in [0.05, 0.1) is 5.75 Å². The molecule has 1 saturated carbocycles. The van der Waals surface area contributed by atoms with Gasteiger partial charge in [-0.25, -0.2) is 14.6 Å². The van der Waals surface area contributed by atoms with E-state index < -0.39 is 0 Å². The molecule has 0 bridgehead atoms. The Morgan fingerprint density at radius 1 is 1.20 bits per heavy atom. The quantitative estimate of drug-likeness (QED) is 0.374. The summed E-state index contributed by atoms with van der Waals surface area (Å²) in [5.41, 5.74) is 1.36. The lowest BCUT2D eigenvalue weighted by molar-refractivity contribution is -0.118. The molecule has 4 rings (SSSR count). The van der Waals surface area contributed by atoms with Gasteiger partial charge < -0.3 is 10.6 Å². The highest BCUT2D eigenvalue weighted by molar-refractivity contribution is 9.10. The molecule has 1 aliphatic rings. The molecule has 2 amide bonds. The van der Waals surface area contributed by atoms with Crippen LogP contribution in [0.4, 0.5) is 0 Å². The van der Waals surface area contributed by atoms with Crippen LogP contribution < -0.4 is 10.6 Å². The zero-order valence-electron chi connectivity index (χ0n) is 15.9. The van der Waals surface area contributed by atoms with Crippen LogP contribution >= 0.6 is 27.7 Å². The Balaban J connectivity index is 1.32. The van der Waals surface area contributed by atoms with Crippen molar-refractivity contribution in [2.24, 2.45) is 0 Å². The predicted molar refractivity (Wildman–Crippen MR) is 116 cm³/mol. The van der Waals surface area contributed by atoms with Crippen LogP contribution in [0.15, 0.2) is 58.4 Å². The van der Waals surface area contributed by atoms with Gasteiger partial charge in [-0.1, -0.05) is 45.9 Å². The maximum atomic E-state index is 12.2. The molecule has 0 aliphatic heterocycles. The van der Waals surface area contributed by atoms with Gasteiger partial charge in [-0.3, -0.25) is 9.59 Å². The summed E-state index contributed by atoms with van der Waals surface area (Å²) in [4.78, 5) is 32.7. The number of nitrogens with one attached hydrogen (secondary N) is 2. The zero-order valence-corrected chi connectivity index (χ0v) is 18.3. The van der Waals surface area contributed by atoms with Crippen molar-refractivity contribution < 1.29 is 9.59 Å². The Kier molecular flexibility index (Phi) is 6.44. The third kappa shape index (κ3) is 5.45. The Morgan fingerprint density at radius 3 is 2.83 bits per heavy atom. The standard InChI is InChI=1S/C20H19BrN6O2S/c21-15-4-2-1-3-13(15)10-22-18(28)11-30-19-9-17(23-12-24-19)27-8-7-16(26-27)20(29)25-14-5-6-14/h1-4,7-9,12,14H,5-6,10-11H2,(H,22,28)(H,25,29). The average Bonchev–Trinajstić information content (AvgIpc) is 3.43. The molecule has 1 aromatic carbocycles. The molecule has 2 aromatic heterocycles. The predicted octanol–water partition coefficient (Wildman–Crippen LogP) is 2.73. The molecule has 154 valence electrons. The first-order valence-electron chi connectivity index (χ1n) is 9.40. The molecule has 1 fully saturated rings. The number of amides is 2. The number of nitrogens with zero attached hydrogens (tertiary/aromatic N) is 4. The Hall–Kier alpha value is -2.72. The molecule has 30 heavy (non-hydrogen) atoms. The summed E-state index contributed by atoms with van der Waals surface area (Å²) in [6.45, 7) is 0.453. The number of hydrogen-bond donors (Lipinski definition) is 2. The fraction of sp³-hybridized carbons (Fsp3) is 0.250. The number of benzene rings is 1. The molecule has 8 nitrogen and oxygen atoms in total. The van der Waals surface area contributed by atoms with E-state index >= 15 is 0 Å². The second kappa shape index (κ2) is 9.40. The molecular formula is C20H19BrN6O2S. The van der Waals surface area contributed by atoms with Crippen molar-refractivity contribution in [1.29, 1.82) is 0 Å². The number of hydrogen-bond acceptors (Lipinski definition) is 6. The second-order valence-electron chi connectivity index (χ2n) is 6.76. The molecule has 10 heteroatoms. The van der Waals surface area contributed by atoms with E-state index in [1.807, 2.05) is 24.3 Å². The lowest BCUT2D eigenvalue weighted by Gasteiger charge is -2.07. The summed E-state index contributed by atoms with van der Waals surface area (Å²) in [6, 6.07) is 11.4. The van der Waals surface area contributed by atoms with E-state index in [2.05, 4.69) is 41.6 Å². The molecular weight excluding hydrogens is 468 g/mol. The zero-order chi connectivity index (χ0) is 20.9. The van der Waals surface area contributed by atoms with Crippen LogP contribution in [0.3, 0.4) is 0 Å². The molecule has 0 unspecified atom stereocenters. The van der Waals surface area contributed by atoms with Crippen LogP contribution in [0.2, 0.25) is 0 Å². The third-order valence-corrected chi connectivity index (χ3v) is 6.08. The first-order chi connectivity index (χ1) is 14.6. The minimum atomic E-state index is -0.179. The number of aromatic nitrogens is 4. The van der Waals surface area contributed by atoms with Crippen molar-refractivity contribution in [3.05, 3.63) is 64.7 Å². The van der Waals surface area contributed by atoms with Crippen molar-refractivity contribution in [3.63, 3.8) is 0 Å². The number of carbonyl (C=O) groups is 2. The maximum Gasteiger partial charge on any atom is 0.272 e. The van der Waals surface area contributed by atoms with Gasteiger partial charge in [-0.05, 0) is 30.5 Å². The van der Waals surface area contributed by atoms with E-state index in [9.17, 15) is 9.59 Å². The van der Waals surface area contributed by atoms with Crippen molar-refractivity contribution in [1.82, 2.24) is 30.4 Å². The van der Waals surface area contributed by atoms with Gasteiger partial charge in [0.25, 0.3) is 5.91 Å². The highest BCUT2D eigenvalue weighted by Gasteiger charge is 2.24. The van der Waals surface area contributed by atoms with E-state index in [1.165, 1.54) is 22.8 Å². The van der Waals surface area contributed by atoms with Crippen LogP contribution in [0.25, 0.3) is 5.82 Å². The number of carbonyl (C=O) groups excluding carboxylic acids is 2. The average molecular weight is 487 g/mol. The van der Waals surface area contributed by atoms with E-state index in [-0.39, 0.29) is 23.6 Å². The summed E-state index contributed by atoms with van der Waals surface area (Å²) in [7, 11) is 0. The van der Waals surface area contributed by atoms with E-state index in [0.717, 1.165) is 22.9 Å². The van der Waals surface area contributed by atoms with Crippen LogP contribution in [-0.2, 0) is 11.3 Å². The van der Waals surface area contributed by atoms with E-state index in [1.54, 1.807) is 18.3 Å². The Bertz CT molecular complexity index is 1070. The lowest BCUT2D eigenvalue weighted by Crippen LogP contribution is -2.25. The van der Waals surface area contributed by atoms with Gasteiger partial charge in [0, 0.05) is 29.3 Å². The fourth-order valence-corrected chi connectivity index (χ4v) is 3.74. The van der Waals surface area contributed by atoms with E-state index in [0.29, 0.717) is 23.1 Å². The van der Waals surface area contributed by atoms with Crippen LogP contribution in [0.5, 0.6) is 0 Å². The summed E-state index contributed by atoms with van der Waals surface area (Å²) < 4.78 is 2.49. The van der Waals surface area contributed by atoms with Gasteiger partial charge >= 0.3 is 0 Å². The molecule has 0 spiro atoms. The van der Waals surface area contributed by atoms with Crippen LogP contribution in [0.1, 0.15) is 28.9 Å². The Labute approximate surface area is 186 Å². The van der Waals surface area contributed by atoms with E-state index in [4.69, 9.17) is 0 Å². The normalized spacial score (nSPS) is 13.1. The van der Waals surface area contributed by atoms with Gasteiger partial charge in [0.15, 0.2) is 11.5 Å². The molecule has 2 N–H and O–H groups in total. The molecule has 0 radical (unpaired) electrons. The van der Waals surface area contributed by atoms with Crippen molar-refractivity contribution in [2.75, 3.05) is 5.75 Å². The van der Waals surface area contributed by atoms with Gasteiger partial charge in [0.1, 0.15) is 11.4 Å². The number of halogens is 1. The SMILES string of the molecule is O=C(CSc1cc(-n2ccc(C(=O)NC3CC3)n2)ncn1)NCc1ccccc1Br. The molecule has 2 heterocycles. The fourth-order valence-electron chi connectivity index (χ4n) is 2.62. The van der Waals surface area contributed by atoms with Crippen molar-refractivity contribution >= 4 is 39.5 Å². The first kappa shape index (κ1) is 20.5. The molecule has 3 aromatic rings. The highest BCUT2D eigenvalue weighted by atomic mass is 79.9. The minimum absolute atomic E-state index is 0.0889. The minimum Gasteiger partial charge on any atom is -0.351 e. The van der Waals surface area contributed by atoms with Crippen LogP contribution in [0, 0.1) is 0 Å². The largest absolute Gasteiger partial charge is 0.351 e. The summed E-state index contributed by atoms with van der Waals surface area (Å²) in [5, 5.41) is 10.7. The molecule has 1 aliphatic carbocycles. The smallest absolute Gasteiger partial charge is 0.272 e. The number of thioether (sulfide) groups is 1. The summed E-state index contributed by atoms with van der Waals surface area (Å²) in [5.74, 6) is 0.497. The maximum absolute atomic E-state index is 12.2. The van der Waals surface area contributed by atoms with Crippen molar-refractivity contribution in [2.45, 2.75) is 30.5 Å². The topological polar surface area (TPSA) is 102 Å². The summed E-state index contributed by atoms with van der Waals surface area (Å²) in [6.07, 6.45) is 5.15. The summed E-state index contributed by atoms with van der Waals surface area (Å²) >= 11 is 4.78. The monoisotopic (exact) mass is 486 g/mol.